The molecule has 0 aliphatic rings. The van der Waals surface area contributed by atoms with Crippen LogP contribution in [0.3, 0.4) is 0 Å². The van der Waals surface area contributed by atoms with Crippen molar-refractivity contribution in [3.8, 4) is 0 Å². The van der Waals surface area contributed by atoms with Crippen molar-refractivity contribution in [2.45, 2.75) is 38.5 Å². The molecule has 1 amide bonds. The highest BCUT2D eigenvalue weighted by Crippen LogP contribution is 2.22. The van der Waals surface area contributed by atoms with Crippen LogP contribution in [-0.2, 0) is 29.4 Å². The molecule has 1 heterocycles. The number of rotatable bonds is 11. The number of aliphatic hydroxyl groups excluding tert-OH is 1. The SMILES string of the molecule is CCc1cccc(CN(CC(O)C(N)Cc2cc(F)cc(F)c2)C(=O)c2cnc(NS(C)(=O)=O)s2)c1. The Kier molecular flexibility index (Phi) is 9.12. The highest BCUT2D eigenvalue weighted by molar-refractivity contribution is 7.92. The Morgan fingerprint density at radius 1 is 1.17 bits per heavy atom. The molecule has 3 aromatic rings. The minimum Gasteiger partial charge on any atom is -0.390 e. The molecule has 4 N–H and O–H groups in total. The molecule has 0 bridgehead atoms. The minimum absolute atomic E-state index is 0.00776. The van der Waals surface area contributed by atoms with Crippen LogP contribution in [0.15, 0.2) is 48.7 Å². The number of anilines is 1. The van der Waals surface area contributed by atoms with E-state index in [1.807, 2.05) is 31.2 Å². The molecule has 0 fully saturated rings. The molecule has 3 rings (SSSR count). The molecule has 8 nitrogen and oxygen atoms in total. The van der Waals surface area contributed by atoms with Gasteiger partial charge in [-0.15, -0.1) is 0 Å². The number of benzene rings is 2. The fourth-order valence-corrected chi connectivity index (χ4v) is 5.25. The Labute approximate surface area is 212 Å². The quantitative estimate of drug-likeness (QED) is 0.345. The molecule has 0 saturated carbocycles. The number of hydrogen-bond donors (Lipinski definition) is 3. The summed E-state index contributed by atoms with van der Waals surface area (Å²) in [6.45, 7) is 1.99. The standard InChI is InChI=1S/C24H28F2N4O4S2/c1-3-15-5-4-6-16(7-15)13-30(23(32)22-12-28-24(35-22)29-36(2,33)34)14-21(31)20(27)10-17-8-18(25)11-19(26)9-17/h4-9,11-12,20-21,31H,3,10,13-14,27H2,1-2H3,(H,28,29). The lowest BCUT2D eigenvalue weighted by atomic mass is 10.0. The number of sulfonamides is 1. The van der Waals surface area contributed by atoms with E-state index in [1.165, 1.54) is 11.1 Å². The molecule has 194 valence electrons. The van der Waals surface area contributed by atoms with E-state index in [0.717, 1.165) is 53.3 Å². The third-order valence-corrected chi connectivity index (χ3v) is 6.94. The summed E-state index contributed by atoms with van der Waals surface area (Å²) in [7, 11) is -3.57. The predicted octanol–water partition coefficient (Wildman–Crippen LogP) is 2.93. The van der Waals surface area contributed by atoms with Gasteiger partial charge in [0.15, 0.2) is 5.13 Å². The number of carbonyl (C=O) groups excluding carboxylic acids is 1. The van der Waals surface area contributed by atoms with Crippen molar-refractivity contribution in [1.82, 2.24) is 9.88 Å². The number of aromatic nitrogens is 1. The number of hydrogen-bond acceptors (Lipinski definition) is 7. The van der Waals surface area contributed by atoms with Crippen molar-refractivity contribution >= 4 is 32.4 Å². The molecule has 0 saturated heterocycles. The van der Waals surface area contributed by atoms with Gasteiger partial charge in [-0.25, -0.2) is 22.2 Å². The molecule has 12 heteroatoms. The van der Waals surface area contributed by atoms with E-state index in [0.29, 0.717) is 0 Å². The molecule has 0 radical (unpaired) electrons. The number of carbonyl (C=O) groups is 1. The van der Waals surface area contributed by atoms with Gasteiger partial charge in [-0.2, -0.15) is 0 Å². The van der Waals surface area contributed by atoms with E-state index < -0.39 is 39.7 Å². The lowest BCUT2D eigenvalue weighted by molar-refractivity contribution is 0.0558. The molecule has 0 aliphatic carbocycles. The molecule has 2 unspecified atom stereocenters. The van der Waals surface area contributed by atoms with Crippen molar-refractivity contribution in [3.63, 3.8) is 0 Å². The second-order valence-electron chi connectivity index (χ2n) is 8.48. The molecular formula is C24H28F2N4O4S2. The summed E-state index contributed by atoms with van der Waals surface area (Å²) in [5, 5.41) is 10.9. The number of nitrogens with zero attached hydrogens (tertiary/aromatic N) is 2. The topological polar surface area (TPSA) is 126 Å². The Morgan fingerprint density at radius 2 is 1.83 bits per heavy atom. The summed E-state index contributed by atoms with van der Waals surface area (Å²) in [6.07, 6.45) is 1.82. The van der Waals surface area contributed by atoms with Crippen LogP contribution >= 0.6 is 11.3 Å². The van der Waals surface area contributed by atoms with E-state index >= 15 is 0 Å². The lowest BCUT2D eigenvalue weighted by Gasteiger charge is -2.28. The van der Waals surface area contributed by atoms with Gasteiger partial charge in [0.05, 0.1) is 18.6 Å². The third-order valence-electron chi connectivity index (χ3n) is 5.34. The first-order valence-corrected chi connectivity index (χ1v) is 13.8. The second-order valence-corrected chi connectivity index (χ2v) is 11.3. The van der Waals surface area contributed by atoms with Gasteiger partial charge in [-0.3, -0.25) is 9.52 Å². The van der Waals surface area contributed by atoms with Crippen LogP contribution in [0.1, 0.15) is 33.3 Å². The Balaban J connectivity index is 1.81. The summed E-state index contributed by atoms with van der Waals surface area (Å²) in [4.78, 5) is 18.9. The monoisotopic (exact) mass is 538 g/mol. The van der Waals surface area contributed by atoms with Crippen LogP contribution < -0.4 is 10.5 Å². The number of nitrogens with one attached hydrogen (secondary N) is 1. The van der Waals surface area contributed by atoms with Crippen molar-refractivity contribution < 1.29 is 27.1 Å². The highest BCUT2D eigenvalue weighted by Gasteiger charge is 2.25. The van der Waals surface area contributed by atoms with E-state index in [9.17, 15) is 27.1 Å². The van der Waals surface area contributed by atoms with Gasteiger partial charge in [0.1, 0.15) is 16.5 Å². The fraction of sp³-hybridized carbons (Fsp3) is 0.333. The normalized spacial score (nSPS) is 13.3. The lowest BCUT2D eigenvalue weighted by Crippen LogP contribution is -2.46. The van der Waals surface area contributed by atoms with Crippen LogP contribution in [0.2, 0.25) is 0 Å². The minimum atomic E-state index is -3.57. The van der Waals surface area contributed by atoms with Crippen LogP contribution in [0, 0.1) is 11.6 Å². The second kappa shape index (κ2) is 11.9. The van der Waals surface area contributed by atoms with Gasteiger partial charge in [0.25, 0.3) is 5.91 Å². The van der Waals surface area contributed by atoms with E-state index in [2.05, 4.69) is 9.71 Å². The van der Waals surface area contributed by atoms with Crippen LogP contribution in [-0.4, -0.2) is 54.3 Å². The zero-order chi connectivity index (χ0) is 26.5. The zero-order valence-corrected chi connectivity index (χ0v) is 21.5. The van der Waals surface area contributed by atoms with Gasteiger partial charge in [0, 0.05) is 25.2 Å². The number of thiazole rings is 1. The molecule has 36 heavy (non-hydrogen) atoms. The Morgan fingerprint density at radius 3 is 2.47 bits per heavy atom. The van der Waals surface area contributed by atoms with Crippen molar-refractivity contribution in [3.05, 3.63) is 81.9 Å². The summed E-state index contributed by atoms with van der Waals surface area (Å²) < 4.78 is 52.3. The van der Waals surface area contributed by atoms with Crippen molar-refractivity contribution in [2.75, 3.05) is 17.5 Å². The molecule has 0 aliphatic heterocycles. The number of nitrogens with two attached hydrogens (primary N) is 1. The maximum atomic E-state index is 13.5. The highest BCUT2D eigenvalue weighted by atomic mass is 32.2. The number of amides is 1. The van der Waals surface area contributed by atoms with Crippen LogP contribution in [0.5, 0.6) is 0 Å². The first kappa shape index (κ1) is 27.7. The largest absolute Gasteiger partial charge is 0.390 e. The van der Waals surface area contributed by atoms with Crippen molar-refractivity contribution in [2.24, 2.45) is 5.73 Å². The van der Waals surface area contributed by atoms with E-state index in [4.69, 9.17) is 5.73 Å². The molecule has 1 aromatic heterocycles. The summed E-state index contributed by atoms with van der Waals surface area (Å²) in [6, 6.07) is 9.76. The van der Waals surface area contributed by atoms with Gasteiger partial charge >= 0.3 is 0 Å². The van der Waals surface area contributed by atoms with E-state index in [1.54, 1.807) is 0 Å². The number of halogens is 2. The number of aliphatic hydroxyl groups is 1. The summed E-state index contributed by atoms with van der Waals surface area (Å²) in [5.41, 5.74) is 8.31. The third kappa shape index (κ3) is 8.05. The maximum Gasteiger partial charge on any atom is 0.266 e. The Hall–Kier alpha value is -2.93. The van der Waals surface area contributed by atoms with Gasteiger partial charge in [-0.1, -0.05) is 42.5 Å². The average molecular weight is 539 g/mol. The van der Waals surface area contributed by atoms with Crippen LogP contribution in [0.4, 0.5) is 13.9 Å². The fourth-order valence-electron chi connectivity index (χ4n) is 3.62. The van der Waals surface area contributed by atoms with Gasteiger partial charge < -0.3 is 15.7 Å². The van der Waals surface area contributed by atoms with Crippen molar-refractivity contribution in [1.29, 1.82) is 0 Å². The number of aryl methyl sites for hydroxylation is 1. The summed E-state index contributed by atoms with van der Waals surface area (Å²) in [5.74, 6) is -1.97. The molecule has 2 atom stereocenters. The van der Waals surface area contributed by atoms with E-state index in [-0.39, 0.29) is 35.1 Å². The van der Waals surface area contributed by atoms with Crippen LogP contribution in [0.25, 0.3) is 0 Å². The zero-order valence-electron chi connectivity index (χ0n) is 19.8. The summed E-state index contributed by atoms with van der Waals surface area (Å²) >= 11 is 0.867. The average Bonchev–Trinajstić information content (AvgIpc) is 3.24. The first-order valence-electron chi connectivity index (χ1n) is 11.1. The molecule has 0 spiro atoms. The van der Waals surface area contributed by atoms with Gasteiger partial charge in [-0.05, 0) is 41.7 Å². The predicted molar refractivity (Wildman–Crippen MR) is 135 cm³/mol. The molecular weight excluding hydrogens is 510 g/mol. The Bertz CT molecular complexity index is 1300. The molecule has 2 aromatic carbocycles. The van der Waals surface area contributed by atoms with Gasteiger partial charge in [0.2, 0.25) is 10.0 Å². The maximum absolute atomic E-state index is 13.5. The first-order chi connectivity index (χ1) is 16.9. The smallest absolute Gasteiger partial charge is 0.266 e.